The summed E-state index contributed by atoms with van der Waals surface area (Å²) >= 11 is 0. The van der Waals surface area contributed by atoms with Gasteiger partial charge in [0, 0.05) is 5.92 Å². The van der Waals surface area contributed by atoms with Crippen molar-refractivity contribution >= 4 is 0 Å². The van der Waals surface area contributed by atoms with E-state index in [0.717, 1.165) is 6.92 Å². The molecule has 0 N–H and O–H groups in total. The summed E-state index contributed by atoms with van der Waals surface area (Å²) in [7, 11) is 0. The fraction of sp³-hybridized carbons (Fsp3) is 1.00. The maximum Gasteiger partial charge on any atom is 0.425 e. The molecular formula is C11H15F5. The van der Waals surface area contributed by atoms with Gasteiger partial charge in [0.1, 0.15) is 0 Å². The van der Waals surface area contributed by atoms with Crippen molar-refractivity contribution in [2.45, 2.75) is 44.7 Å². The van der Waals surface area contributed by atoms with Gasteiger partial charge in [0.15, 0.2) is 5.67 Å². The Bertz CT molecular complexity index is 308. The lowest BCUT2D eigenvalue weighted by Crippen LogP contribution is -2.62. The number of hydrogen-bond acceptors (Lipinski definition) is 0. The first-order valence-corrected chi connectivity index (χ1v) is 5.49. The molecule has 2 bridgehead atoms. The molecule has 0 aromatic carbocycles. The molecule has 2 aliphatic rings. The molecule has 16 heavy (non-hydrogen) atoms. The van der Waals surface area contributed by atoms with Crippen molar-refractivity contribution in [2.24, 2.45) is 23.7 Å². The van der Waals surface area contributed by atoms with E-state index in [1.807, 2.05) is 0 Å². The van der Waals surface area contributed by atoms with Crippen LogP contribution >= 0.6 is 0 Å². The van der Waals surface area contributed by atoms with Crippen LogP contribution in [0.3, 0.4) is 0 Å². The normalized spacial score (nSPS) is 57.0. The Morgan fingerprint density at radius 1 is 1.00 bits per heavy atom. The van der Waals surface area contributed by atoms with E-state index in [0.29, 0.717) is 0 Å². The number of alkyl halides is 5. The van der Waals surface area contributed by atoms with Gasteiger partial charge in [0.05, 0.1) is 0 Å². The Kier molecular flexibility index (Phi) is 2.20. The molecule has 0 aliphatic heterocycles. The highest BCUT2D eigenvalue weighted by molar-refractivity contribution is 5.21. The number of hydrogen-bond donors (Lipinski definition) is 0. The van der Waals surface area contributed by atoms with E-state index in [-0.39, 0.29) is 12.3 Å². The minimum Gasteiger partial charge on any atom is -0.240 e. The highest BCUT2D eigenvalue weighted by Gasteiger charge is 2.81. The van der Waals surface area contributed by atoms with Crippen LogP contribution in [0.15, 0.2) is 0 Å². The highest BCUT2D eigenvalue weighted by atomic mass is 19.4. The summed E-state index contributed by atoms with van der Waals surface area (Å²) in [4.78, 5) is 0. The SMILES string of the molecule is CC1C(C)C2CC1C(C)(F)C2(F)C(F)(F)F. The van der Waals surface area contributed by atoms with Crippen molar-refractivity contribution in [3.05, 3.63) is 0 Å². The van der Waals surface area contributed by atoms with Crippen LogP contribution in [0.2, 0.25) is 0 Å². The van der Waals surface area contributed by atoms with Gasteiger partial charge < -0.3 is 0 Å². The van der Waals surface area contributed by atoms with Crippen LogP contribution < -0.4 is 0 Å². The first kappa shape index (κ1) is 12.1. The molecule has 5 heteroatoms. The zero-order valence-electron chi connectivity index (χ0n) is 9.41. The van der Waals surface area contributed by atoms with Crippen LogP contribution in [0.4, 0.5) is 22.0 Å². The lowest BCUT2D eigenvalue weighted by Gasteiger charge is -2.46. The highest BCUT2D eigenvalue weighted by Crippen LogP contribution is 2.68. The van der Waals surface area contributed by atoms with Crippen LogP contribution in [0, 0.1) is 23.7 Å². The Balaban J connectivity index is 2.50. The standard InChI is InChI=1S/C11H15F5/c1-5-6(2)8-4-7(5)9(3,12)10(8,13)11(14,15)16/h5-8H,4H2,1-3H3. The lowest BCUT2D eigenvalue weighted by molar-refractivity contribution is -0.294. The molecule has 6 atom stereocenters. The molecule has 2 fully saturated rings. The van der Waals surface area contributed by atoms with Crippen LogP contribution in [0.5, 0.6) is 0 Å². The van der Waals surface area contributed by atoms with E-state index in [9.17, 15) is 22.0 Å². The quantitative estimate of drug-likeness (QED) is 0.565. The van der Waals surface area contributed by atoms with Crippen molar-refractivity contribution in [3.8, 4) is 0 Å². The van der Waals surface area contributed by atoms with E-state index in [1.165, 1.54) is 0 Å². The largest absolute Gasteiger partial charge is 0.425 e. The van der Waals surface area contributed by atoms with Crippen molar-refractivity contribution in [2.75, 3.05) is 0 Å². The summed E-state index contributed by atoms with van der Waals surface area (Å²) in [5.41, 5.74) is -6.46. The third-order valence-corrected chi connectivity index (χ3v) is 4.94. The molecule has 2 rings (SSSR count). The van der Waals surface area contributed by atoms with Crippen LogP contribution in [0.1, 0.15) is 27.2 Å². The predicted octanol–water partition coefficient (Wildman–Crippen LogP) is 3.91. The van der Waals surface area contributed by atoms with Gasteiger partial charge in [-0.2, -0.15) is 13.2 Å². The van der Waals surface area contributed by atoms with Gasteiger partial charge in [-0.1, -0.05) is 13.8 Å². The summed E-state index contributed by atoms with van der Waals surface area (Å²) in [6, 6.07) is 0. The molecular weight excluding hydrogens is 227 g/mol. The Morgan fingerprint density at radius 2 is 1.44 bits per heavy atom. The average molecular weight is 242 g/mol. The van der Waals surface area contributed by atoms with Gasteiger partial charge in [-0.25, -0.2) is 8.78 Å². The first-order valence-electron chi connectivity index (χ1n) is 5.49. The molecule has 0 heterocycles. The summed E-state index contributed by atoms with van der Waals surface area (Å²) in [6.07, 6.45) is -5.12. The van der Waals surface area contributed by atoms with Gasteiger partial charge in [0.25, 0.3) is 0 Å². The van der Waals surface area contributed by atoms with Gasteiger partial charge in [0.2, 0.25) is 5.67 Å². The van der Waals surface area contributed by atoms with Crippen LogP contribution in [-0.4, -0.2) is 17.5 Å². The number of rotatable bonds is 0. The third-order valence-electron chi connectivity index (χ3n) is 4.94. The first-order chi connectivity index (χ1) is 7.05. The predicted molar refractivity (Wildman–Crippen MR) is 49.3 cm³/mol. The van der Waals surface area contributed by atoms with Gasteiger partial charge >= 0.3 is 6.18 Å². The molecule has 0 aromatic rings. The molecule has 0 nitrogen and oxygen atoms in total. The van der Waals surface area contributed by atoms with Crippen molar-refractivity contribution in [1.82, 2.24) is 0 Å². The maximum atomic E-state index is 14.2. The third kappa shape index (κ3) is 1.05. The number of fused-ring (bicyclic) bond motifs is 2. The Labute approximate surface area is 91.2 Å². The average Bonchev–Trinajstić information content (AvgIpc) is 2.50. The second-order valence-electron chi connectivity index (χ2n) is 5.45. The fourth-order valence-corrected chi connectivity index (χ4v) is 3.80. The minimum absolute atomic E-state index is 0.00530. The molecule has 2 aliphatic carbocycles. The molecule has 0 saturated heterocycles. The number of halogens is 5. The molecule has 0 aromatic heterocycles. The monoisotopic (exact) mass is 242 g/mol. The summed E-state index contributed by atoms with van der Waals surface area (Å²) in [6.45, 7) is 4.07. The van der Waals surface area contributed by atoms with Crippen molar-refractivity contribution in [3.63, 3.8) is 0 Å². The van der Waals surface area contributed by atoms with Crippen molar-refractivity contribution < 1.29 is 22.0 Å². The maximum absolute atomic E-state index is 14.2. The zero-order chi connectivity index (χ0) is 12.5. The van der Waals surface area contributed by atoms with E-state index >= 15 is 0 Å². The molecule has 94 valence electrons. The second kappa shape index (κ2) is 2.91. The summed E-state index contributed by atoms with van der Waals surface area (Å²) in [5.74, 6) is -2.66. The Morgan fingerprint density at radius 3 is 1.81 bits per heavy atom. The molecule has 0 amide bonds. The topological polar surface area (TPSA) is 0 Å². The van der Waals surface area contributed by atoms with E-state index in [2.05, 4.69) is 0 Å². The van der Waals surface area contributed by atoms with E-state index < -0.39 is 35.3 Å². The Hall–Kier alpha value is -0.350. The summed E-state index contributed by atoms with van der Waals surface area (Å²) in [5, 5.41) is 0. The minimum atomic E-state index is -5.12. The van der Waals surface area contributed by atoms with Gasteiger partial charge in [-0.05, 0) is 31.1 Å². The van der Waals surface area contributed by atoms with Crippen LogP contribution in [-0.2, 0) is 0 Å². The fourth-order valence-electron chi connectivity index (χ4n) is 3.80. The second-order valence-corrected chi connectivity index (χ2v) is 5.45. The van der Waals surface area contributed by atoms with E-state index in [1.54, 1.807) is 13.8 Å². The zero-order valence-corrected chi connectivity index (χ0v) is 9.41. The van der Waals surface area contributed by atoms with Gasteiger partial charge in [-0.3, -0.25) is 0 Å². The molecule has 0 spiro atoms. The van der Waals surface area contributed by atoms with Crippen molar-refractivity contribution in [1.29, 1.82) is 0 Å². The lowest BCUT2D eigenvalue weighted by atomic mass is 9.66. The van der Waals surface area contributed by atoms with Crippen LogP contribution in [0.25, 0.3) is 0 Å². The smallest absolute Gasteiger partial charge is 0.240 e. The van der Waals surface area contributed by atoms with Gasteiger partial charge in [-0.15, -0.1) is 0 Å². The van der Waals surface area contributed by atoms with E-state index in [4.69, 9.17) is 0 Å². The molecule has 0 radical (unpaired) electrons. The molecule has 6 unspecified atom stereocenters. The molecule has 2 saturated carbocycles. The summed E-state index contributed by atoms with van der Waals surface area (Å²) < 4.78 is 66.7.